The van der Waals surface area contributed by atoms with Crippen molar-refractivity contribution in [2.75, 3.05) is 7.11 Å². The normalized spacial score (nSPS) is 11.0. The van der Waals surface area contributed by atoms with Gasteiger partial charge in [-0.3, -0.25) is 4.68 Å². The molecule has 2 heterocycles. The third-order valence-corrected chi connectivity index (χ3v) is 4.58. The van der Waals surface area contributed by atoms with E-state index in [9.17, 15) is 14.3 Å². The van der Waals surface area contributed by atoms with Gasteiger partial charge in [0.15, 0.2) is 0 Å². The molecule has 0 radical (unpaired) electrons. The van der Waals surface area contributed by atoms with Gasteiger partial charge < -0.3 is 9.84 Å². The molecule has 0 aliphatic rings. The van der Waals surface area contributed by atoms with Gasteiger partial charge in [0.1, 0.15) is 23.9 Å². The first-order chi connectivity index (χ1) is 13.9. The van der Waals surface area contributed by atoms with Gasteiger partial charge in [-0.05, 0) is 29.8 Å². The van der Waals surface area contributed by atoms with Crippen LogP contribution in [-0.4, -0.2) is 37.9 Å². The Balaban J connectivity index is 1.66. The highest BCUT2D eigenvalue weighted by molar-refractivity contribution is 6.32. The number of methoxy groups -OCH3 is 1. The SMILES string of the molecule is COc1cc(F)cc(-c2cnc(Cn3ncc4cc(Cl)cc(C(=O)O)c43)nc2)c1. The first-order valence-corrected chi connectivity index (χ1v) is 8.86. The van der Waals surface area contributed by atoms with Crippen LogP contribution in [0.5, 0.6) is 5.75 Å². The third kappa shape index (κ3) is 3.74. The van der Waals surface area contributed by atoms with E-state index >= 15 is 0 Å². The summed E-state index contributed by atoms with van der Waals surface area (Å²) in [6.45, 7) is 0.165. The number of aromatic carboxylic acids is 1. The first-order valence-electron chi connectivity index (χ1n) is 8.49. The van der Waals surface area contributed by atoms with Crippen molar-refractivity contribution in [1.82, 2.24) is 19.7 Å². The monoisotopic (exact) mass is 412 g/mol. The van der Waals surface area contributed by atoms with Gasteiger partial charge in [-0.25, -0.2) is 19.2 Å². The molecule has 2 aromatic carbocycles. The quantitative estimate of drug-likeness (QED) is 0.532. The van der Waals surface area contributed by atoms with Gasteiger partial charge in [-0.2, -0.15) is 5.10 Å². The Labute approximate surface area is 169 Å². The number of fused-ring (bicyclic) bond motifs is 1. The molecular formula is C20H14ClFN4O3. The summed E-state index contributed by atoms with van der Waals surface area (Å²) in [6, 6.07) is 7.36. The number of halogens is 2. The molecule has 0 saturated carbocycles. The molecule has 0 bridgehead atoms. The lowest BCUT2D eigenvalue weighted by atomic mass is 10.1. The number of nitrogens with zero attached hydrogens (tertiary/aromatic N) is 4. The number of carboxylic acids is 1. The van der Waals surface area contributed by atoms with Gasteiger partial charge in [0.2, 0.25) is 0 Å². The number of aromatic nitrogens is 4. The number of hydrogen-bond donors (Lipinski definition) is 1. The average molecular weight is 413 g/mol. The summed E-state index contributed by atoms with van der Waals surface area (Å²) in [5.41, 5.74) is 1.69. The number of hydrogen-bond acceptors (Lipinski definition) is 5. The van der Waals surface area contributed by atoms with Crippen molar-refractivity contribution in [3.05, 3.63) is 71.2 Å². The zero-order valence-electron chi connectivity index (χ0n) is 15.1. The summed E-state index contributed by atoms with van der Waals surface area (Å²) in [5.74, 6) is -0.706. The second kappa shape index (κ2) is 7.48. The lowest BCUT2D eigenvalue weighted by Crippen LogP contribution is -2.08. The van der Waals surface area contributed by atoms with Crippen LogP contribution in [0.2, 0.25) is 5.02 Å². The smallest absolute Gasteiger partial charge is 0.337 e. The Morgan fingerprint density at radius 2 is 1.90 bits per heavy atom. The molecule has 7 nitrogen and oxygen atoms in total. The zero-order chi connectivity index (χ0) is 20.5. The summed E-state index contributed by atoms with van der Waals surface area (Å²) in [4.78, 5) is 20.2. The molecule has 0 unspecified atom stereocenters. The van der Waals surface area contributed by atoms with Crippen LogP contribution in [0, 0.1) is 5.82 Å². The van der Waals surface area contributed by atoms with Crippen LogP contribution in [0.25, 0.3) is 22.0 Å². The van der Waals surface area contributed by atoms with Gasteiger partial charge >= 0.3 is 5.97 Å². The van der Waals surface area contributed by atoms with Crippen molar-refractivity contribution in [1.29, 1.82) is 0 Å². The molecule has 29 heavy (non-hydrogen) atoms. The minimum Gasteiger partial charge on any atom is -0.497 e. The Bertz CT molecular complexity index is 1220. The van der Waals surface area contributed by atoms with E-state index in [0.717, 1.165) is 0 Å². The van der Waals surface area contributed by atoms with Crippen LogP contribution in [0.4, 0.5) is 4.39 Å². The molecule has 0 amide bonds. The Kier molecular flexibility index (Phi) is 4.85. The second-order valence-electron chi connectivity index (χ2n) is 6.27. The fraction of sp³-hybridized carbons (Fsp3) is 0.100. The van der Waals surface area contributed by atoms with Crippen LogP contribution in [0.3, 0.4) is 0 Å². The van der Waals surface area contributed by atoms with Crippen LogP contribution in [-0.2, 0) is 6.54 Å². The van der Waals surface area contributed by atoms with E-state index in [1.54, 1.807) is 30.7 Å². The van der Waals surface area contributed by atoms with Crippen molar-refractivity contribution in [3.63, 3.8) is 0 Å². The highest BCUT2D eigenvalue weighted by atomic mass is 35.5. The maximum Gasteiger partial charge on any atom is 0.337 e. The highest BCUT2D eigenvalue weighted by Crippen LogP contribution is 2.26. The molecule has 146 valence electrons. The number of carboxylic acid groups (broad SMARTS) is 1. The van der Waals surface area contributed by atoms with E-state index in [-0.39, 0.29) is 12.1 Å². The summed E-state index contributed by atoms with van der Waals surface area (Å²) in [6.07, 6.45) is 4.68. The van der Waals surface area contributed by atoms with Crippen LogP contribution >= 0.6 is 11.6 Å². The molecule has 0 atom stereocenters. The molecule has 0 spiro atoms. The van der Waals surface area contributed by atoms with Crippen molar-refractivity contribution < 1.29 is 19.0 Å². The lowest BCUT2D eigenvalue weighted by molar-refractivity contribution is 0.0698. The van der Waals surface area contributed by atoms with Gasteiger partial charge in [0.05, 0.1) is 24.4 Å². The lowest BCUT2D eigenvalue weighted by Gasteiger charge is -2.08. The van der Waals surface area contributed by atoms with Crippen molar-refractivity contribution in [3.8, 4) is 16.9 Å². The topological polar surface area (TPSA) is 90.1 Å². The second-order valence-corrected chi connectivity index (χ2v) is 6.70. The fourth-order valence-corrected chi connectivity index (χ4v) is 3.27. The molecule has 0 aliphatic carbocycles. The van der Waals surface area contributed by atoms with E-state index in [1.807, 2.05) is 0 Å². The maximum absolute atomic E-state index is 13.7. The maximum atomic E-state index is 13.7. The minimum absolute atomic E-state index is 0.0495. The largest absolute Gasteiger partial charge is 0.497 e. The standard InChI is InChI=1S/C20H14ClFN4O3/c1-29-16-4-11(3-15(22)6-16)13-7-23-18(24-8-13)10-26-19-12(9-25-26)2-14(21)5-17(19)20(27)28/h2-9H,10H2,1H3,(H,27,28). The van der Waals surface area contributed by atoms with Gasteiger partial charge in [0, 0.05) is 34.4 Å². The van der Waals surface area contributed by atoms with Crippen molar-refractivity contribution in [2.45, 2.75) is 6.54 Å². The highest BCUT2D eigenvalue weighted by Gasteiger charge is 2.16. The van der Waals surface area contributed by atoms with Crippen LogP contribution in [0.1, 0.15) is 16.2 Å². The molecular weight excluding hydrogens is 399 g/mol. The predicted molar refractivity (Wildman–Crippen MR) is 105 cm³/mol. The number of rotatable bonds is 5. The summed E-state index contributed by atoms with van der Waals surface area (Å²) in [7, 11) is 1.46. The summed E-state index contributed by atoms with van der Waals surface area (Å²) in [5, 5.41) is 14.6. The Hall–Kier alpha value is -3.52. The predicted octanol–water partition coefficient (Wildman–Crippen LogP) is 4.04. The number of benzene rings is 2. The number of ether oxygens (including phenoxy) is 1. The number of carbonyl (C=O) groups is 1. The molecule has 0 saturated heterocycles. The van der Waals surface area contributed by atoms with Crippen LogP contribution in [0.15, 0.2) is 48.9 Å². The third-order valence-electron chi connectivity index (χ3n) is 4.37. The van der Waals surface area contributed by atoms with Crippen molar-refractivity contribution >= 4 is 28.5 Å². The molecule has 2 aromatic heterocycles. The van der Waals surface area contributed by atoms with E-state index in [1.165, 1.54) is 30.0 Å². The van der Waals surface area contributed by atoms with Gasteiger partial charge in [0.25, 0.3) is 0 Å². The van der Waals surface area contributed by atoms with Crippen LogP contribution < -0.4 is 4.74 Å². The molecule has 0 aliphatic heterocycles. The molecule has 0 fully saturated rings. The summed E-state index contributed by atoms with van der Waals surface area (Å²) < 4.78 is 20.3. The van der Waals surface area contributed by atoms with E-state index in [0.29, 0.717) is 38.6 Å². The summed E-state index contributed by atoms with van der Waals surface area (Å²) >= 11 is 5.99. The van der Waals surface area contributed by atoms with Crippen molar-refractivity contribution in [2.24, 2.45) is 0 Å². The van der Waals surface area contributed by atoms with Gasteiger partial charge in [-0.1, -0.05) is 11.6 Å². The Morgan fingerprint density at radius 3 is 2.59 bits per heavy atom. The van der Waals surface area contributed by atoms with E-state index in [2.05, 4.69) is 15.1 Å². The van der Waals surface area contributed by atoms with E-state index < -0.39 is 11.8 Å². The first kappa shape index (κ1) is 18.8. The average Bonchev–Trinajstić information content (AvgIpc) is 3.09. The van der Waals surface area contributed by atoms with Gasteiger partial charge in [-0.15, -0.1) is 0 Å². The zero-order valence-corrected chi connectivity index (χ0v) is 15.9. The fourth-order valence-electron chi connectivity index (χ4n) is 3.05. The minimum atomic E-state index is -1.10. The van der Waals surface area contributed by atoms with E-state index in [4.69, 9.17) is 16.3 Å². The molecule has 1 N–H and O–H groups in total. The molecule has 9 heteroatoms. The molecule has 4 rings (SSSR count). The Morgan fingerprint density at radius 1 is 1.14 bits per heavy atom. The molecule has 4 aromatic rings.